The molecule has 1 aliphatic rings. The lowest BCUT2D eigenvalue weighted by Gasteiger charge is -2.19. The summed E-state index contributed by atoms with van der Waals surface area (Å²) in [6.07, 6.45) is 10.1. The normalized spacial score (nSPS) is 15.9. The van der Waals surface area contributed by atoms with Gasteiger partial charge in [-0.3, -0.25) is 29.1 Å². The number of fused-ring (bicyclic) bond motifs is 1. The lowest BCUT2D eigenvalue weighted by molar-refractivity contribution is -0.0511. The summed E-state index contributed by atoms with van der Waals surface area (Å²) in [5.41, 5.74) is 6.44. The molecule has 87 heavy (non-hydrogen) atoms. The van der Waals surface area contributed by atoms with Gasteiger partial charge in [-0.15, -0.1) is 0 Å². The van der Waals surface area contributed by atoms with E-state index in [1.54, 1.807) is 0 Å². The van der Waals surface area contributed by atoms with Gasteiger partial charge in [-0.2, -0.15) is 8.62 Å². The minimum Gasteiger partial charge on any atom is -0.395 e. The van der Waals surface area contributed by atoms with E-state index in [9.17, 15) is 23.9 Å². The van der Waals surface area contributed by atoms with Crippen molar-refractivity contribution in [3.05, 3.63) is 12.7 Å². The molecule has 0 unspecified atom stereocenters. The van der Waals surface area contributed by atoms with Crippen LogP contribution in [0.25, 0.3) is 11.2 Å². The number of rotatable bonds is 41. The first-order valence-corrected chi connectivity index (χ1v) is 34.0. The smallest absolute Gasteiger partial charge is 0.395 e. The molecule has 0 aliphatic carbocycles. The molecule has 0 radical (unpaired) electrons. The van der Waals surface area contributed by atoms with Crippen molar-refractivity contribution >= 4 is 40.4 Å². The van der Waals surface area contributed by atoms with Gasteiger partial charge in [0.25, 0.3) is 0 Å². The van der Waals surface area contributed by atoms with Crippen molar-refractivity contribution in [2.45, 2.75) is 123 Å². The Kier molecular flexibility index (Phi) is 62.0. The van der Waals surface area contributed by atoms with Gasteiger partial charge < -0.3 is 101 Å². The highest BCUT2D eigenvalue weighted by atomic mass is 31.3. The lowest BCUT2D eigenvalue weighted by atomic mass is 10.1. The van der Waals surface area contributed by atoms with Crippen LogP contribution < -0.4 is 5.73 Å². The predicted octanol–water partition coefficient (Wildman–Crippen LogP) is -2.31. The fourth-order valence-corrected chi connectivity index (χ4v) is 9.99. The van der Waals surface area contributed by atoms with E-state index in [0.717, 1.165) is 96.9 Å². The summed E-state index contributed by atoms with van der Waals surface area (Å²) in [5, 5.41) is 115. The summed E-state index contributed by atoms with van der Waals surface area (Å²) in [6.45, 7) is 23.9. The van der Waals surface area contributed by atoms with Crippen LogP contribution in [-0.2, 0) is 27.1 Å². The highest BCUT2D eigenvalue weighted by Gasteiger charge is 2.44. The average Bonchev–Trinajstić information content (AvgIpc) is 1.77. The molecule has 1 aliphatic heterocycles. The predicted molar refractivity (Wildman–Crippen MR) is 326 cm³/mol. The quantitative estimate of drug-likeness (QED) is 0.0311. The third-order valence-electron chi connectivity index (χ3n) is 11.9. The van der Waals surface area contributed by atoms with Crippen LogP contribution in [0, 0.1) is 0 Å². The first-order valence-electron chi connectivity index (χ1n) is 29.4. The maximum absolute atomic E-state index is 10.4. The topological polar surface area (TPSA) is 529 Å². The molecule has 0 saturated carbocycles. The van der Waals surface area contributed by atoms with Crippen molar-refractivity contribution in [2.24, 2.45) is 0 Å². The number of aliphatic hydroxyl groups is 13. The fraction of sp³-hybridized carbons (Fsp3) is 0.900. The van der Waals surface area contributed by atoms with Gasteiger partial charge in [0.1, 0.15) is 30.2 Å². The monoisotopic (exact) mass is 1330 g/mol. The van der Waals surface area contributed by atoms with Crippen molar-refractivity contribution in [3.63, 3.8) is 0 Å². The van der Waals surface area contributed by atoms with Crippen LogP contribution in [0.3, 0.4) is 0 Å². The Morgan fingerprint density at radius 3 is 0.954 bits per heavy atom. The molecular weight excluding hydrogens is 1220 g/mol. The van der Waals surface area contributed by atoms with E-state index < -0.39 is 54.6 Å². The van der Waals surface area contributed by atoms with Crippen molar-refractivity contribution in [1.29, 1.82) is 0 Å². The molecule has 4 atom stereocenters. The van der Waals surface area contributed by atoms with Crippen LogP contribution in [0.4, 0.5) is 5.82 Å². The summed E-state index contributed by atoms with van der Waals surface area (Å²) < 4.78 is 43.2. The average molecular weight is 1330 g/mol. The van der Waals surface area contributed by atoms with Gasteiger partial charge in [-0.25, -0.2) is 28.6 Å². The number of hydrogen-bond donors (Lipinski definition) is 19. The van der Waals surface area contributed by atoms with Gasteiger partial charge in [-0.1, -0.05) is 66.7 Å². The molecule has 0 bridgehead atoms. The van der Waals surface area contributed by atoms with E-state index in [4.69, 9.17) is 91.1 Å². The van der Waals surface area contributed by atoms with Gasteiger partial charge in [0, 0.05) is 65.4 Å². The number of anilines is 1. The molecule has 2 aromatic rings. The van der Waals surface area contributed by atoms with E-state index in [2.05, 4.69) is 82.7 Å². The maximum Gasteiger partial charge on any atom is 0.490 e. The number of hydrogen-bond acceptors (Lipinski definition) is 28. The molecule has 0 spiro atoms. The number of aliphatic hydroxyl groups excluding tert-OH is 13. The Labute approximate surface area is 513 Å². The number of unbranched alkanes of at least 4 members (excludes halogenated alkanes) is 5. The number of nitrogens with two attached hydrogens (primary N) is 1. The number of ether oxygens (including phenoxy) is 1. The van der Waals surface area contributed by atoms with Gasteiger partial charge >= 0.3 is 23.5 Å². The Morgan fingerprint density at radius 2 is 0.736 bits per heavy atom. The second-order valence-electron chi connectivity index (χ2n) is 19.1. The Morgan fingerprint density at radius 1 is 0.460 bits per heavy atom. The minimum atomic E-state index is -5.46. The standard InChI is InChI=1S/C10H13N5O4.5C8H19NO2.H5O10P3/c11-8-5-9(13-2-12-8)15(3-14-5)10-7(18)6(17)4(1-16)19-10;5*1-2-3-4-9(5-7-10)6-8-11;1-11(2,3)9-13(7,8)10-12(4,5)6/h2-4,6-7,10,16-18H,1H2,(H2,11,12,13);5*10-11H,2-8H2,1H3;(H,7,8)(H2,1,2,3)(H2,4,5,6)/t4-,6-,7-,10-;;;;;;/m1....../s1. The van der Waals surface area contributed by atoms with Crippen LogP contribution in [0.5, 0.6) is 0 Å². The number of aromatic nitrogens is 4. The summed E-state index contributed by atoms with van der Waals surface area (Å²) in [5.74, 6) is 0.218. The molecule has 3 heterocycles. The second kappa shape index (κ2) is 59.0. The molecule has 0 amide bonds. The van der Waals surface area contributed by atoms with E-state index in [1.807, 2.05) is 0 Å². The van der Waals surface area contributed by atoms with Crippen molar-refractivity contribution in [3.8, 4) is 0 Å². The zero-order valence-electron chi connectivity index (χ0n) is 51.9. The van der Waals surface area contributed by atoms with E-state index >= 15 is 0 Å². The van der Waals surface area contributed by atoms with Crippen LogP contribution in [0.2, 0.25) is 0 Å². The largest absolute Gasteiger partial charge is 0.490 e. The first-order chi connectivity index (χ1) is 41.3. The molecule has 3 rings (SSSR count). The van der Waals surface area contributed by atoms with Crippen LogP contribution in [-0.4, -0.2) is 324 Å². The fourth-order valence-electron chi connectivity index (χ4n) is 7.45. The Balaban J connectivity index is -0.000000468. The molecule has 2 aromatic heterocycles. The van der Waals surface area contributed by atoms with Crippen molar-refractivity contribution in [2.75, 3.05) is 177 Å². The molecular formula is C50H113N10O24P3. The zero-order valence-corrected chi connectivity index (χ0v) is 54.5. The SMILES string of the molecule is CCCCN(CCO)CCO.CCCCN(CCO)CCO.CCCCN(CCO)CCO.CCCCN(CCO)CCO.CCCCN(CCO)CCO.Nc1ncnc2c1ncn2[C@@H]1O[C@H](CO)[C@@H](O)[C@H]1O.O=P(O)(O)OP(=O)(O)OP(=O)(O)O. The molecule has 522 valence electrons. The van der Waals surface area contributed by atoms with E-state index in [1.165, 1.54) is 17.2 Å². The molecule has 37 heteroatoms. The van der Waals surface area contributed by atoms with Crippen LogP contribution in [0.1, 0.15) is 105 Å². The third kappa shape index (κ3) is 51.2. The van der Waals surface area contributed by atoms with E-state index in [0.29, 0.717) is 76.6 Å². The molecule has 1 fully saturated rings. The Hall–Kier alpha value is -2.00. The van der Waals surface area contributed by atoms with Crippen LogP contribution >= 0.6 is 23.5 Å². The van der Waals surface area contributed by atoms with Gasteiger partial charge in [0.2, 0.25) is 0 Å². The molecule has 34 nitrogen and oxygen atoms in total. The number of imidazole rings is 1. The third-order valence-corrected chi connectivity index (χ3v) is 15.3. The summed E-state index contributed by atoms with van der Waals surface area (Å²) in [6, 6.07) is 0. The highest BCUT2D eigenvalue weighted by molar-refractivity contribution is 7.66. The maximum atomic E-state index is 10.4. The first kappa shape index (κ1) is 91.4. The Bertz CT molecular complexity index is 1800. The summed E-state index contributed by atoms with van der Waals surface area (Å²) >= 11 is 0. The minimum absolute atomic E-state index is 0.184. The van der Waals surface area contributed by atoms with Gasteiger partial charge in [0.15, 0.2) is 17.7 Å². The summed E-state index contributed by atoms with van der Waals surface area (Å²) in [4.78, 5) is 62.5. The lowest BCUT2D eigenvalue weighted by Crippen LogP contribution is -2.33. The van der Waals surface area contributed by atoms with Gasteiger partial charge in [-0.05, 0) is 64.8 Å². The van der Waals surface area contributed by atoms with Crippen molar-refractivity contribution in [1.82, 2.24) is 44.0 Å². The molecule has 0 aromatic carbocycles. The second-order valence-corrected chi connectivity index (χ2v) is 23.3. The zero-order chi connectivity index (χ0) is 67.1. The van der Waals surface area contributed by atoms with Crippen molar-refractivity contribution < 1.29 is 118 Å². The number of phosphoric acid groups is 3. The summed E-state index contributed by atoms with van der Waals surface area (Å²) in [7, 11) is -16.2. The number of nitrogen functional groups attached to an aromatic ring is 1. The highest BCUT2D eigenvalue weighted by Crippen LogP contribution is 2.64. The van der Waals surface area contributed by atoms with Crippen LogP contribution in [0.15, 0.2) is 12.7 Å². The molecule has 20 N–H and O–H groups in total. The van der Waals surface area contributed by atoms with E-state index in [-0.39, 0.29) is 71.9 Å². The number of nitrogens with zero attached hydrogens (tertiary/aromatic N) is 9. The van der Waals surface area contributed by atoms with Gasteiger partial charge in [0.05, 0.1) is 79.0 Å². The molecule has 1 saturated heterocycles.